The summed E-state index contributed by atoms with van der Waals surface area (Å²) in [7, 11) is 0. The minimum atomic E-state index is -0.621. The number of Topliss-reactive ketones (excluding diaryl/α,β-unsaturated/α-hetero) is 1. The monoisotopic (exact) mass is 273 g/mol. The molecule has 1 heterocycles. The first-order valence-corrected chi connectivity index (χ1v) is 5.68. The number of hydrogen-bond acceptors (Lipinski definition) is 6. The molecule has 0 fully saturated rings. The Morgan fingerprint density at radius 2 is 2.15 bits per heavy atom. The van der Waals surface area contributed by atoms with E-state index >= 15 is 0 Å². The summed E-state index contributed by atoms with van der Waals surface area (Å²) >= 11 is 0. The molecular weight excluding hydrogens is 262 g/mol. The van der Waals surface area contributed by atoms with Crippen molar-refractivity contribution in [3.63, 3.8) is 0 Å². The Bertz CT molecular complexity index is 685. The number of ketones is 1. The topological polar surface area (TPSA) is 119 Å². The molecule has 2 rings (SSSR count). The lowest BCUT2D eigenvalue weighted by molar-refractivity contribution is -0.383. The normalized spacial score (nSPS) is 10.2. The van der Waals surface area contributed by atoms with Crippen LogP contribution < -0.4 is 5.73 Å². The van der Waals surface area contributed by atoms with Crippen LogP contribution in [0.4, 0.5) is 11.5 Å². The number of aliphatic hydroxyl groups excluding tert-OH is 1. The average molecular weight is 273 g/mol. The van der Waals surface area contributed by atoms with Crippen molar-refractivity contribution >= 4 is 17.3 Å². The first kappa shape index (κ1) is 13.6. The predicted molar refractivity (Wildman–Crippen MR) is 72.2 cm³/mol. The van der Waals surface area contributed by atoms with Gasteiger partial charge in [-0.25, -0.2) is 4.98 Å². The maximum atomic E-state index is 11.5. The fourth-order valence-electron chi connectivity index (χ4n) is 1.85. The van der Waals surface area contributed by atoms with E-state index in [0.717, 1.165) is 0 Å². The first-order chi connectivity index (χ1) is 9.54. The van der Waals surface area contributed by atoms with Crippen LogP contribution in [0.15, 0.2) is 36.5 Å². The summed E-state index contributed by atoms with van der Waals surface area (Å²) in [5.74, 6) is -0.650. The van der Waals surface area contributed by atoms with Crippen LogP contribution in [0.2, 0.25) is 0 Å². The summed E-state index contributed by atoms with van der Waals surface area (Å²) in [4.78, 5) is 25.6. The number of nitrogen functional groups attached to an aromatic ring is 1. The van der Waals surface area contributed by atoms with Gasteiger partial charge in [0.25, 0.3) is 0 Å². The highest BCUT2D eigenvalue weighted by molar-refractivity contribution is 5.98. The highest BCUT2D eigenvalue weighted by atomic mass is 16.6. The van der Waals surface area contributed by atoms with E-state index in [-0.39, 0.29) is 22.6 Å². The van der Waals surface area contributed by atoms with Gasteiger partial charge in [-0.1, -0.05) is 18.2 Å². The zero-order valence-electron chi connectivity index (χ0n) is 10.3. The van der Waals surface area contributed by atoms with Crippen molar-refractivity contribution in [1.82, 2.24) is 4.98 Å². The number of carbonyl (C=O) groups excluding carboxylic acids is 1. The van der Waals surface area contributed by atoms with Gasteiger partial charge in [0.2, 0.25) is 5.82 Å². The van der Waals surface area contributed by atoms with Crippen LogP contribution in [0.25, 0.3) is 11.1 Å². The highest BCUT2D eigenvalue weighted by Gasteiger charge is 2.20. The number of rotatable bonds is 4. The molecule has 0 aliphatic rings. The number of aromatic nitrogens is 1. The molecule has 1 aromatic heterocycles. The zero-order chi connectivity index (χ0) is 14.7. The largest absolute Gasteiger partial charge is 0.388 e. The summed E-state index contributed by atoms with van der Waals surface area (Å²) in [6.45, 7) is -0.621. The van der Waals surface area contributed by atoms with E-state index in [1.807, 2.05) is 0 Å². The Kier molecular flexibility index (Phi) is 3.72. The van der Waals surface area contributed by atoms with Crippen LogP contribution in [0.3, 0.4) is 0 Å². The van der Waals surface area contributed by atoms with Gasteiger partial charge in [0, 0.05) is 11.8 Å². The third-order valence-electron chi connectivity index (χ3n) is 2.77. The molecule has 20 heavy (non-hydrogen) atoms. The second-order valence-electron chi connectivity index (χ2n) is 4.01. The zero-order valence-corrected chi connectivity index (χ0v) is 10.3. The Morgan fingerprint density at radius 3 is 2.80 bits per heavy atom. The van der Waals surface area contributed by atoms with Crippen molar-refractivity contribution < 1.29 is 14.8 Å². The summed E-state index contributed by atoms with van der Waals surface area (Å²) in [5.41, 5.74) is 6.23. The number of anilines is 1. The molecule has 0 amide bonds. The molecule has 7 heteroatoms. The first-order valence-electron chi connectivity index (χ1n) is 5.68. The number of nitrogens with zero attached hydrogens (tertiary/aromatic N) is 2. The lowest BCUT2D eigenvalue weighted by atomic mass is 10.0. The van der Waals surface area contributed by atoms with Gasteiger partial charge in [-0.05, 0) is 17.7 Å². The molecule has 1 aromatic carbocycles. The van der Waals surface area contributed by atoms with Gasteiger partial charge in [-0.2, -0.15) is 0 Å². The van der Waals surface area contributed by atoms with E-state index < -0.39 is 17.3 Å². The van der Waals surface area contributed by atoms with Crippen LogP contribution in [0.5, 0.6) is 0 Å². The molecule has 3 N–H and O–H groups in total. The molecule has 0 aliphatic heterocycles. The molecule has 0 aliphatic carbocycles. The maximum absolute atomic E-state index is 11.5. The molecular formula is C13H11N3O4. The number of pyridine rings is 1. The molecule has 0 radical (unpaired) electrons. The Balaban J connectivity index is 2.60. The van der Waals surface area contributed by atoms with E-state index in [4.69, 9.17) is 10.8 Å². The molecule has 0 saturated carbocycles. The smallest absolute Gasteiger partial charge is 0.318 e. The summed E-state index contributed by atoms with van der Waals surface area (Å²) < 4.78 is 0. The second kappa shape index (κ2) is 5.45. The molecule has 0 bridgehead atoms. The van der Waals surface area contributed by atoms with E-state index in [9.17, 15) is 14.9 Å². The lowest BCUT2D eigenvalue weighted by Gasteiger charge is -2.06. The molecule has 7 nitrogen and oxygen atoms in total. The Hall–Kier alpha value is -2.80. The Labute approximate surface area is 113 Å². The van der Waals surface area contributed by atoms with Crippen LogP contribution in [0, 0.1) is 10.1 Å². The molecule has 0 unspecified atom stereocenters. The molecule has 102 valence electrons. The van der Waals surface area contributed by atoms with E-state index in [1.165, 1.54) is 24.4 Å². The Morgan fingerprint density at radius 1 is 1.40 bits per heavy atom. The number of aliphatic hydroxyl groups is 1. The molecule has 0 spiro atoms. The molecule has 0 atom stereocenters. The van der Waals surface area contributed by atoms with Gasteiger partial charge in [0.15, 0.2) is 5.78 Å². The van der Waals surface area contributed by atoms with E-state index in [0.29, 0.717) is 5.56 Å². The van der Waals surface area contributed by atoms with Gasteiger partial charge in [0.05, 0.1) is 10.5 Å². The summed E-state index contributed by atoms with van der Waals surface area (Å²) in [5, 5.41) is 19.9. The molecule has 2 aromatic rings. The lowest BCUT2D eigenvalue weighted by Crippen LogP contribution is -2.04. The van der Waals surface area contributed by atoms with Gasteiger partial charge >= 0.3 is 5.69 Å². The third kappa shape index (κ3) is 2.47. The number of nitrogens with two attached hydrogens (primary N) is 1. The fourth-order valence-corrected chi connectivity index (χ4v) is 1.85. The van der Waals surface area contributed by atoms with Crippen LogP contribution >= 0.6 is 0 Å². The van der Waals surface area contributed by atoms with Crippen LogP contribution in [-0.4, -0.2) is 27.4 Å². The number of nitro groups is 1. The second-order valence-corrected chi connectivity index (χ2v) is 4.01. The number of carbonyl (C=O) groups is 1. The third-order valence-corrected chi connectivity index (χ3v) is 2.77. The van der Waals surface area contributed by atoms with Crippen molar-refractivity contribution in [3.8, 4) is 11.1 Å². The standard InChI is InChI=1S/C13H11N3O4/c14-13-12(16(19)20)10(4-5-15-13)8-2-1-3-9(6-8)11(18)7-17/h1-6,17H,7H2,(H2,14,15). The quantitative estimate of drug-likeness (QED) is 0.493. The summed E-state index contributed by atoms with van der Waals surface area (Å²) in [6.07, 6.45) is 1.36. The van der Waals surface area contributed by atoms with Crippen LogP contribution in [0.1, 0.15) is 10.4 Å². The van der Waals surface area contributed by atoms with E-state index in [2.05, 4.69) is 4.98 Å². The highest BCUT2D eigenvalue weighted by Crippen LogP contribution is 2.33. The number of hydrogen-bond donors (Lipinski definition) is 2. The van der Waals surface area contributed by atoms with Crippen molar-refractivity contribution in [2.24, 2.45) is 0 Å². The van der Waals surface area contributed by atoms with Gasteiger partial charge in [-0.3, -0.25) is 14.9 Å². The van der Waals surface area contributed by atoms with Crippen molar-refractivity contribution in [1.29, 1.82) is 0 Å². The van der Waals surface area contributed by atoms with Gasteiger partial charge < -0.3 is 10.8 Å². The van der Waals surface area contributed by atoms with Gasteiger partial charge in [-0.15, -0.1) is 0 Å². The van der Waals surface area contributed by atoms with Crippen molar-refractivity contribution in [3.05, 3.63) is 52.2 Å². The average Bonchev–Trinajstić information content (AvgIpc) is 2.45. The van der Waals surface area contributed by atoms with E-state index in [1.54, 1.807) is 12.1 Å². The predicted octanol–water partition coefficient (Wildman–Crippen LogP) is 1.41. The van der Waals surface area contributed by atoms with Crippen molar-refractivity contribution in [2.45, 2.75) is 0 Å². The minimum Gasteiger partial charge on any atom is -0.388 e. The summed E-state index contributed by atoms with van der Waals surface area (Å²) in [6, 6.07) is 7.66. The number of benzene rings is 1. The van der Waals surface area contributed by atoms with Crippen LogP contribution in [-0.2, 0) is 0 Å². The maximum Gasteiger partial charge on any atom is 0.318 e. The minimum absolute atomic E-state index is 0.189. The van der Waals surface area contributed by atoms with Crippen molar-refractivity contribution in [2.75, 3.05) is 12.3 Å². The fraction of sp³-hybridized carbons (Fsp3) is 0.0769. The SMILES string of the molecule is Nc1nccc(-c2cccc(C(=O)CO)c2)c1[N+](=O)[O-]. The molecule has 0 saturated heterocycles. The van der Waals surface area contributed by atoms with Gasteiger partial charge in [0.1, 0.15) is 6.61 Å².